The van der Waals surface area contributed by atoms with Crippen molar-refractivity contribution in [2.24, 2.45) is 0 Å². The van der Waals surface area contributed by atoms with Crippen LogP contribution in [-0.2, 0) is 15.3 Å². The van der Waals surface area contributed by atoms with Crippen LogP contribution in [-0.4, -0.2) is 19.9 Å². The zero-order valence-electron chi connectivity index (χ0n) is 9.90. The second-order valence-electron chi connectivity index (χ2n) is 4.82. The molecule has 0 saturated carbocycles. The lowest BCUT2D eigenvalue weighted by molar-refractivity contribution is 0.586. The largest absolute Gasteiger partial charge is 0.224 e. The van der Waals surface area contributed by atoms with Crippen LogP contribution in [0.3, 0.4) is 0 Å². The van der Waals surface area contributed by atoms with Gasteiger partial charge in [0.05, 0.1) is 10.6 Å². The molecule has 0 bridgehead atoms. The van der Waals surface area contributed by atoms with Crippen LogP contribution in [0, 0.1) is 0 Å². The molecule has 1 rings (SSSR count). The summed E-state index contributed by atoms with van der Waals surface area (Å²) in [6.45, 7) is 6.30. The summed E-state index contributed by atoms with van der Waals surface area (Å²) in [4.78, 5) is 0.384. The number of rotatable bonds is 3. The zero-order chi connectivity index (χ0) is 12.4. The molecule has 0 N–H and O–H groups in total. The quantitative estimate of drug-likeness (QED) is 0.846. The van der Waals surface area contributed by atoms with Crippen molar-refractivity contribution in [3.05, 3.63) is 29.8 Å². The predicted molar refractivity (Wildman–Crippen MR) is 71.0 cm³/mol. The van der Waals surface area contributed by atoms with E-state index in [1.54, 1.807) is 12.1 Å². The molecule has 0 saturated heterocycles. The van der Waals surface area contributed by atoms with Crippen molar-refractivity contribution in [3.63, 3.8) is 0 Å². The van der Waals surface area contributed by atoms with Gasteiger partial charge in [0.15, 0.2) is 9.84 Å². The molecule has 16 heavy (non-hydrogen) atoms. The van der Waals surface area contributed by atoms with Crippen molar-refractivity contribution in [1.29, 1.82) is 0 Å². The molecular weight excluding hydrogens is 240 g/mol. The van der Waals surface area contributed by atoms with Crippen molar-refractivity contribution >= 4 is 22.5 Å². The molecule has 90 valence electrons. The Morgan fingerprint density at radius 3 is 2.00 bits per heavy atom. The van der Waals surface area contributed by atoms with Gasteiger partial charge in [-0.25, -0.2) is 8.42 Å². The molecule has 1 aromatic rings. The van der Waals surface area contributed by atoms with Gasteiger partial charge < -0.3 is 0 Å². The number of hydrogen-bond acceptors (Lipinski definition) is 3. The summed E-state index contributed by atoms with van der Waals surface area (Å²) in [5, 5.41) is 0. The van der Waals surface area contributed by atoms with E-state index in [1.807, 2.05) is 12.1 Å². The van der Waals surface area contributed by atoms with Crippen LogP contribution in [0.2, 0.25) is 0 Å². The number of sulfone groups is 1. The van der Waals surface area contributed by atoms with Crippen LogP contribution in [0.15, 0.2) is 29.2 Å². The van der Waals surface area contributed by atoms with Crippen molar-refractivity contribution in [1.82, 2.24) is 0 Å². The summed E-state index contributed by atoms with van der Waals surface area (Å²) >= 11 is 3.95. The number of thiol groups is 1. The monoisotopic (exact) mass is 258 g/mol. The molecule has 0 heterocycles. The molecule has 0 aliphatic carbocycles. The lowest BCUT2D eigenvalue weighted by Gasteiger charge is -2.19. The van der Waals surface area contributed by atoms with Crippen molar-refractivity contribution in [2.75, 3.05) is 11.5 Å². The molecule has 0 fully saturated rings. The molecule has 0 radical (unpaired) electrons. The third kappa shape index (κ3) is 3.25. The summed E-state index contributed by atoms with van der Waals surface area (Å²) in [5.41, 5.74) is 1.18. The van der Waals surface area contributed by atoms with Crippen LogP contribution in [0.25, 0.3) is 0 Å². The second-order valence-corrected chi connectivity index (χ2v) is 7.37. The Balaban J connectivity index is 3.05. The van der Waals surface area contributed by atoms with Crippen molar-refractivity contribution in [2.45, 2.75) is 31.1 Å². The molecular formula is C12H18O2S2. The van der Waals surface area contributed by atoms with Gasteiger partial charge in [0.2, 0.25) is 0 Å². The molecule has 0 amide bonds. The van der Waals surface area contributed by atoms with E-state index in [2.05, 4.69) is 33.4 Å². The van der Waals surface area contributed by atoms with E-state index >= 15 is 0 Å². The van der Waals surface area contributed by atoms with Crippen molar-refractivity contribution in [3.8, 4) is 0 Å². The summed E-state index contributed by atoms with van der Waals surface area (Å²) in [6, 6.07) is 7.12. The molecule has 2 nitrogen and oxygen atoms in total. The first-order valence-corrected chi connectivity index (χ1v) is 7.50. The van der Waals surface area contributed by atoms with Gasteiger partial charge in [0.25, 0.3) is 0 Å². The SMILES string of the molecule is CC(C)(C)c1ccc(S(=O)(=O)CCS)cc1. The van der Waals surface area contributed by atoms with Gasteiger partial charge in [0.1, 0.15) is 0 Å². The topological polar surface area (TPSA) is 34.1 Å². The molecule has 0 atom stereocenters. The van der Waals surface area contributed by atoms with Gasteiger partial charge in [-0.2, -0.15) is 12.6 Å². The first-order valence-electron chi connectivity index (χ1n) is 5.21. The van der Waals surface area contributed by atoms with E-state index in [9.17, 15) is 8.42 Å². The fraction of sp³-hybridized carbons (Fsp3) is 0.500. The fourth-order valence-electron chi connectivity index (χ4n) is 1.40. The summed E-state index contributed by atoms with van der Waals surface area (Å²) in [6.07, 6.45) is 0. The maximum absolute atomic E-state index is 11.7. The predicted octanol–water partition coefficient (Wildman–Crippen LogP) is 2.69. The number of hydrogen-bond donors (Lipinski definition) is 1. The van der Waals surface area contributed by atoms with Crippen LogP contribution in [0.4, 0.5) is 0 Å². The minimum atomic E-state index is -3.15. The minimum absolute atomic E-state index is 0.0475. The fourth-order valence-corrected chi connectivity index (χ4v) is 3.15. The maximum atomic E-state index is 11.7. The van der Waals surface area contributed by atoms with Crippen LogP contribution in [0.5, 0.6) is 0 Å². The van der Waals surface area contributed by atoms with E-state index in [1.165, 1.54) is 0 Å². The van der Waals surface area contributed by atoms with E-state index in [0.717, 1.165) is 5.56 Å². The highest BCUT2D eigenvalue weighted by molar-refractivity contribution is 7.92. The molecule has 4 heteroatoms. The highest BCUT2D eigenvalue weighted by Gasteiger charge is 2.16. The third-order valence-electron chi connectivity index (χ3n) is 2.44. The molecule has 0 aliphatic heterocycles. The summed E-state index contributed by atoms with van der Waals surface area (Å²) < 4.78 is 23.5. The normalized spacial score (nSPS) is 12.8. The average molecular weight is 258 g/mol. The molecule has 0 aliphatic rings. The Morgan fingerprint density at radius 1 is 1.12 bits per heavy atom. The van der Waals surface area contributed by atoms with Gasteiger partial charge in [-0.15, -0.1) is 0 Å². The first-order chi connectivity index (χ1) is 7.27. The standard InChI is InChI=1S/C12H18O2S2/c1-12(2,3)10-4-6-11(7-5-10)16(13,14)9-8-15/h4-7,15H,8-9H2,1-3H3. The van der Waals surface area contributed by atoms with Crippen molar-refractivity contribution < 1.29 is 8.42 Å². The lowest BCUT2D eigenvalue weighted by atomic mass is 9.87. The lowest BCUT2D eigenvalue weighted by Crippen LogP contribution is -2.12. The van der Waals surface area contributed by atoms with Gasteiger partial charge in [-0.05, 0) is 23.1 Å². The van der Waals surface area contributed by atoms with E-state index in [4.69, 9.17) is 0 Å². The number of benzene rings is 1. The minimum Gasteiger partial charge on any atom is -0.224 e. The van der Waals surface area contributed by atoms with Crippen LogP contribution >= 0.6 is 12.6 Å². The van der Waals surface area contributed by atoms with E-state index in [-0.39, 0.29) is 11.2 Å². The van der Waals surface area contributed by atoms with Crippen LogP contribution in [0.1, 0.15) is 26.3 Å². The Morgan fingerprint density at radius 2 is 1.62 bits per heavy atom. The smallest absolute Gasteiger partial charge is 0.179 e. The Labute approximate surface area is 103 Å². The third-order valence-corrected chi connectivity index (χ3v) is 4.70. The van der Waals surface area contributed by atoms with E-state index in [0.29, 0.717) is 10.6 Å². The molecule has 0 spiro atoms. The highest BCUT2D eigenvalue weighted by atomic mass is 32.2. The first kappa shape index (κ1) is 13.6. The van der Waals surface area contributed by atoms with Crippen LogP contribution < -0.4 is 0 Å². The Kier molecular flexibility index (Phi) is 4.07. The average Bonchev–Trinajstić information content (AvgIpc) is 2.16. The zero-order valence-corrected chi connectivity index (χ0v) is 11.6. The van der Waals surface area contributed by atoms with Gasteiger partial charge in [0, 0.05) is 5.75 Å². The van der Waals surface area contributed by atoms with Gasteiger partial charge in [-0.1, -0.05) is 32.9 Å². The molecule has 1 aromatic carbocycles. The molecule has 0 aromatic heterocycles. The summed E-state index contributed by atoms with van der Waals surface area (Å²) in [7, 11) is -3.15. The highest BCUT2D eigenvalue weighted by Crippen LogP contribution is 2.23. The van der Waals surface area contributed by atoms with Gasteiger partial charge in [-0.3, -0.25) is 0 Å². The Hall–Kier alpha value is -0.480. The molecule has 0 unspecified atom stereocenters. The maximum Gasteiger partial charge on any atom is 0.179 e. The Bertz CT molecular complexity index is 439. The summed E-state index contributed by atoms with van der Waals surface area (Å²) in [5.74, 6) is 0.439. The second kappa shape index (κ2) is 4.80. The van der Waals surface area contributed by atoms with E-state index < -0.39 is 9.84 Å². The van der Waals surface area contributed by atoms with Gasteiger partial charge >= 0.3 is 0 Å².